The normalized spacial score (nSPS) is 12.2. The van der Waals surface area contributed by atoms with Gasteiger partial charge in [-0.2, -0.15) is 0 Å². The summed E-state index contributed by atoms with van der Waals surface area (Å²) in [5.74, 6) is -0.867. The highest BCUT2D eigenvalue weighted by Gasteiger charge is 2.19. The van der Waals surface area contributed by atoms with Crippen molar-refractivity contribution in [2.75, 3.05) is 13.2 Å². The van der Waals surface area contributed by atoms with Gasteiger partial charge in [0.05, 0.1) is 0 Å². The zero-order chi connectivity index (χ0) is 48.6. The molecule has 0 amide bonds. The number of allylic oxidation sites excluding steroid dienone is 6. The van der Waals surface area contributed by atoms with Crippen LogP contribution in [-0.4, -0.2) is 37.2 Å². The summed E-state index contributed by atoms with van der Waals surface area (Å²) in [6, 6.07) is 0. The number of carbonyl (C=O) groups excluding carboxylic acids is 3. The summed E-state index contributed by atoms with van der Waals surface area (Å²) in [7, 11) is 0. The van der Waals surface area contributed by atoms with Gasteiger partial charge in [-0.1, -0.05) is 256 Å². The molecule has 392 valence electrons. The Morgan fingerprint density at radius 1 is 0.299 bits per heavy atom. The van der Waals surface area contributed by atoms with Gasteiger partial charge in [-0.25, -0.2) is 0 Å². The lowest BCUT2D eigenvalue weighted by molar-refractivity contribution is -0.167. The SMILES string of the molecule is CCCCC/C=C\C/C=C\CCCCCCCCCCCC(=O)O[C@H](COC(=O)CCCCCCC/C=C\CCCCCCCC)COC(=O)CCCCCCCCCCCCCCCCC. The van der Waals surface area contributed by atoms with Crippen LogP contribution in [0.2, 0.25) is 0 Å². The lowest BCUT2D eigenvalue weighted by Crippen LogP contribution is -2.30. The largest absolute Gasteiger partial charge is 0.462 e. The van der Waals surface area contributed by atoms with Crippen LogP contribution in [0.15, 0.2) is 36.5 Å². The third kappa shape index (κ3) is 54.4. The van der Waals surface area contributed by atoms with Crippen molar-refractivity contribution < 1.29 is 28.6 Å². The molecule has 0 N–H and O–H groups in total. The molecule has 0 bridgehead atoms. The molecule has 0 fully saturated rings. The van der Waals surface area contributed by atoms with E-state index >= 15 is 0 Å². The Labute approximate surface area is 416 Å². The zero-order valence-corrected chi connectivity index (χ0v) is 44.9. The average molecular weight is 942 g/mol. The molecule has 0 heterocycles. The van der Waals surface area contributed by atoms with Gasteiger partial charge in [0.25, 0.3) is 0 Å². The van der Waals surface area contributed by atoms with Gasteiger partial charge in [0.15, 0.2) is 6.10 Å². The Morgan fingerprint density at radius 2 is 0.537 bits per heavy atom. The first kappa shape index (κ1) is 64.6. The van der Waals surface area contributed by atoms with E-state index in [2.05, 4.69) is 57.2 Å². The highest BCUT2D eigenvalue weighted by Crippen LogP contribution is 2.16. The van der Waals surface area contributed by atoms with E-state index in [0.717, 1.165) is 70.6 Å². The van der Waals surface area contributed by atoms with Gasteiger partial charge >= 0.3 is 17.9 Å². The summed E-state index contributed by atoms with van der Waals surface area (Å²) in [5.41, 5.74) is 0. The van der Waals surface area contributed by atoms with E-state index < -0.39 is 6.10 Å². The third-order valence-corrected chi connectivity index (χ3v) is 13.1. The Hall–Kier alpha value is -2.37. The standard InChI is InChI=1S/C61H112O6/c1-4-7-10-13-16-19-22-25-28-29-30-31-34-37-40-43-46-49-52-55-61(64)67-58(56-65-59(62)53-50-47-44-41-38-35-32-26-23-20-17-14-11-8-5-2)57-66-60(63)54-51-48-45-42-39-36-33-27-24-21-18-15-12-9-6-3/h16,19,25-26,28,32,58H,4-15,17-18,20-24,27,29-31,33-57H2,1-3H3/b19-16-,28-25-,32-26-/t58-/m1/s1. The first-order valence-corrected chi connectivity index (χ1v) is 29.5. The smallest absolute Gasteiger partial charge is 0.306 e. The van der Waals surface area contributed by atoms with Gasteiger partial charge < -0.3 is 14.2 Å². The molecule has 0 saturated carbocycles. The molecule has 0 unspecified atom stereocenters. The van der Waals surface area contributed by atoms with Crippen LogP contribution in [0.25, 0.3) is 0 Å². The molecule has 0 spiro atoms. The van der Waals surface area contributed by atoms with Crippen LogP contribution in [0, 0.1) is 0 Å². The van der Waals surface area contributed by atoms with Crippen LogP contribution < -0.4 is 0 Å². The average Bonchev–Trinajstić information content (AvgIpc) is 3.33. The molecule has 0 aliphatic rings. The molecular weight excluding hydrogens is 829 g/mol. The van der Waals surface area contributed by atoms with Crippen LogP contribution in [-0.2, 0) is 28.6 Å². The fourth-order valence-electron chi connectivity index (χ4n) is 8.65. The van der Waals surface area contributed by atoms with Crippen LogP contribution in [0.4, 0.5) is 0 Å². The van der Waals surface area contributed by atoms with Crippen molar-refractivity contribution in [1.82, 2.24) is 0 Å². The van der Waals surface area contributed by atoms with Crippen LogP contribution in [0.1, 0.15) is 316 Å². The summed E-state index contributed by atoms with van der Waals surface area (Å²) in [5, 5.41) is 0. The van der Waals surface area contributed by atoms with Crippen molar-refractivity contribution in [3.05, 3.63) is 36.5 Å². The lowest BCUT2D eigenvalue weighted by Gasteiger charge is -2.18. The van der Waals surface area contributed by atoms with Gasteiger partial charge in [0, 0.05) is 19.3 Å². The van der Waals surface area contributed by atoms with Gasteiger partial charge in [0.1, 0.15) is 13.2 Å². The van der Waals surface area contributed by atoms with Crippen LogP contribution >= 0.6 is 0 Å². The molecule has 67 heavy (non-hydrogen) atoms. The summed E-state index contributed by atoms with van der Waals surface area (Å²) in [6.07, 6.45) is 67.0. The highest BCUT2D eigenvalue weighted by molar-refractivity contribution is 5.71. The van der Waals surface area contributed by atoms with E-state index in [-0.39, 0.29) is 31.1 Å². The number of carbonyl (C=O) groups is 3. The van der Waals surface area contributed by atoms with Crippen molar-refractivity contribution in [2.24, 2.45) is 0 Å². The second kappa shape index (κ2) is 56.2. The van der Waals surface area contributed by atoms with Gasteiger partial charge in [-0.3, -0.25) is 14.4 Å². The summed E-state index contributed by atoms with van der Waals surface area (Å²) < 4.78 is 16.9. The number of esters is 3. The van der Waals surface area contributed by atoms with Crippen molar-refractivity contribution in [2.45, 2.75) is 322 Å². The predicted octanol–water partition coefficient (Wildman–Crippen LogP) is 19.7. The fraction of sp³-hybridized carbons (Fsp3) is 0.852. The molecule has 0 rings (SSSR count). The van der Waals surface area contributed by atoms with Gasteiger partial charge in [-0.15, -0.1) is 0 Å². The third-order valence-electron chi connectivity index (χ3n) is 13.1. The minimum atomic E-state index is -0.775. The summed E-state index contributed by atoms with van der Waals surface area (Å²) in [6.45, 7) is 6.64. The highest BCUT2D eigenvalue weighted by atomic mass is 16.6. The molecule has 6 heteroatoms. The quantitative estimate of drug-likeness (QED) is 0.0262. The van der Waals surface area contributed by atoms with Crippen molar-refractivity contribution in [3.63, 3.8) is 0 Å². The lowest BCUT2D eigenvalue weighted by atomic mass is 10.0. The molecule has 0 aromatic rings. The minimum Gasteiger partial charge on any atom is -0.462 e. The molecule has 0 saturated heterocycles. The molecule has 0 aliphatic heterocycles. The topological polar surface area (TPSA) is 78.9 Å². The predicted molar refractivity (Wildman–Crippen MR) is 289 cm³/mol. The Bertz CT molecular complexity index is 1130. The number of hydrogen-bond donors (Lipinski definition) is 0. The molecule has 0 radical (unpaired) electrons. The van der Waals surface area contributed by atoms with Gasteiger partial charge in [0.2, 0.25) is 0 Å². The van der Waals surface area contributed by atoms with Crippen LogP contribution in [0.5, 0.6) is 0 Å². The van der Waals surface area contributed by atoms with E-state index in [1.54, 1.807) is 0 Å². The van der Waals surface area contributed by atoms with Crippen molar-refractivity contribution in [3.8, 4) is 0 Å². The number of hydrogen-bond acceptors (Lipinski definition) is 6. The summed E-state index contributed by atoms with van der Waals surface area (Å²) >= 11 is 0. The Morgan fingerprint density at radius 3 is 0.866 bits per heavy atom. The number of ether oxygens (including phenoxy) is 3. The second-order valence-electron chi connectivity index (χ2n) is 19.9. The second-order valence-corrected chi connectivity index (χ2v) is 19.9. The molecule has 6 nitrogen and oxygen atoms in total. The Kier molecular flexibility index (Phi) is 54.2. The number of unbranched alkanes of at least 4 members (excludes halogenated alkanes) is 37. The van der Waals surface area contributed by atoms with E-state index in [1.807, 2.05) is 0 Å². The zero-order valence-electron chi connectivity index (χ0n) is 44.9. The molecule has 1 atom stereocenters. The fourth-order valence-corrected chi connectivity index (χ4v) is 8.65. The molecule has 0 aromatic heterocycles. The van der Waals surface area contributed by atoms with Crippen molar-refractivity contribution >= 4 is 17.9 Å². The van der Waals surface area contributed by atoms with Gasteiger partial charge in [-0.05, 0) is 77.0 Å². The maximum atomic E-state index is 12.9. The van der Waals surface area contributed by atoms with E-state index in [9.17, 15) is 14.4 Å². The first-order chi connectivity index (χ1) is 33.0. The molecule has 0 aromatic carbocycles. The summed E-state index contributed by atoms with van der Waals surface area (Å²) in [4.78, 5) is 38.2. The van der Waals surface area contributed by atoms with E-state index in [4.69, 9.17) is 14.2 Å². The van der Waals surface area contributed by atoms with Crippen molar-refractivity contribution in [1.29, 1.82) is 0 Å². The van der Waals surface area contributed by atoms with E-state index in [1.165, 1.54) is 205 Å². The molecule has 0 aliphatic carbocycles. The maximum Gasteiger partial charge on any atom is 0.306 e. The maximum absolute atomic E-state index is 12.9. The molecular formula is C61H112O6. The number of rotatable bonds is 54. The van der Waals surface area contributed by atoms with Crippen LogP contribution in [0.3, 0.4) is 0 Å². The van der Waals surface area contributed by atoms with E-state index in [0.29, 0.717) is 19.3 Å². The first-order valence-electron chi connectivity index (χ1n) is 29.5. The Balaban J connectivity index is 4.35. The monoisotopic (exact) mass is 941 g/mol. The minimum absolute atomic E-state index is 0.0726.